The highest BCUT2D eigenvalue weighted by Crippen LogP contribution is 2.37. The molecule has 3 amide bonds. The summed E-state index contributed by atoms with van der Waals surface area (Å²) in [7, 11) is 0. The summed E-state index contributed by atoms with van der Waals surface area (Å²) in [5.41, 5.74) is 1.90. The summed E-state index contributed by atoms with van der Waals surface area (Å²) in [6.45, 7) is 6.20. The molecule has 2 atom stereocenters. The van der Waals surface area contributed by atoms with Crippen molar-refractivity contribution in [2.24, 2.45) is 11.8 Å². The van der Waals surface area contributed by atoms with Crippen LogP contribution in [-0.2, 0) is 19.8 Å². The fraction of sp³-hybridized carbons (Fsp3) is 0.550. The molecular weight excluding hydrogens is 316 g/mol. The minimum Gasteiger partial charge on any atom is -0.325 e. The van der Waals surface area contributed by atoms with Crippen molar-refractivity contribution in [1.82, 2.24) is 4.90 Å². The van der Waals surface area contributed by atoms with Gasteiger partial charge in [0.15, 0.2) is 0 Å². The Labute approximate surface area is 148 Å². The van der Waals surface area contributed by atoms with E-state index in [0.29, 0.717) is 5.69 Å². The molecule has 134 valence electrons. The van der Waals surface area contributed by atoms with Gasteiger partial charge in [0.25, 0.3) is 0 Å². The Kier molecular flexibility index (Phi) is 4.67. The van der Waals surface area contributed by atoms with E-state index in [1.807, 2.05) is 24.3 Å². The van der Waals surface area contributed by atoms with Crippen LogP contribution in [0.5, 0.6) is 0 Å². The molecule has 2 fully saturated rings. The van der Waals surface area contributed by atoms with E-state index in [2.05, 4.69) is 26.1 Å². The van der Waals surface area contributed by atoms with Gasteiger partial charge >= 0.3 is 0 Å². The third-order valence-electron chi connectivity index (χ3n) is 5.27. The van der Waals surface area contributed by atoms with Crippen molar-refractivity contribution in [3.63, 3.8) is 0 Å². The maximum atomic E-state index is 12.4. The Hall–Kier alpha value is -2.17. The van der Waals surface area contributed by atoms with Crippen LogP contribution in [0, 0.1) is 11.8 Å². The van der Waals surface area contributed by atoms with Crippen LogP contribution in [0.15, 0.2) is 24.3 Å². The Balaban J connectivity index is 1.63. The van der Waals surface area contributed by atoms with E-state index < -0.39 is 0 Å². The van der Waals surface area contributed by atoms with E-state index in [9.17, 15) is 14.4 Å². The molecule has 1 saturated heterocycles. The molecule has 0 aromatic heterocycles. The summed E-state index contributed by atoms with van der Waals surface area (Å²) in [6.07, 6.45) is 3.50. The second kappa shape index (κ2) is 6.62. The smallest absolute Gasteiger partial charge is 0.244 e. The number of rotatable bonds is 3. The van der Waals surface area contributed by atoms with Gasteiger partial charge in [0, 0.05) is 5.69 Å². The number of carbonyl (C=O) groups is 3. The summed E-state index contributed by atoms with van der Waals surface area (Å²) in [4.78, 5) is 38.3. The third-order valence-corrected chi connectivity index (χ3v) is 5.27. The van der Waals surface area contributed by atoms with Crippen molar-refractivity contribution in [1.29, 1.82) is 0 Å². The van der Waals surface area contributed by atoms with E-state index in [1.165, 1.54) is 5.56 Å². The lowest BCUT2D eigenvalue weighted by atomic mass is 9.81. The van der Waals surface area contributed by atoms with Gasteiger partial charge in [-0.05, 0) is 36.0 Å². The maximum absolute atomic E-state index is 12.4. The first kappa shape index (κ1) is 17.6. The number of nitrogens with one attached hydrogen (secondary N) is 1. The molecule has 1 saturated carbocycles. The summed E-state index contributed by atoms with van der Waals surface area (Å²) in [5, 5.41) is 2.78. The van der Waals surface area contributed by atoms with E-state index in [4.69, 9.17) is 0 Å². The molecule has 0 unspecified atom stereocenters. The molecule has 1 aliphatic carbocycles. The van der Waals surface area contributed by atoms with Gasteiger partial charge in [0.1, 0.15) is 6.54 Å². The Morgan fingerprint density at radius 1 is 1.04 bits per heavy atom. The standard InChI is InChI=1S/C20H26N2O3/c1-20(2,3)13-8-10-14(11-9-13)21-17(23)12-22-18(24)15-6-4-5-7-16(15)19(22)25/h8-11,15-16H,4-7,12H2,1-3H3,(H,21,23)/t15-,16-/m1/s1. The molecule has 2 aliphatic rings. The molecule has 3 rings (SSSR count). The number of carbonyl (C=O) groups excluding carboxylic acids is 3. The summed E-state index contributed by atoms with van der Waals surface area (Å²) in [6, 6.07) is 7.67. The Morgan fingerprint density at radius 2 is 1.56 bits per heavy atom. The van der Waals surface area contributed by atoms with E-state index >= 15 is 0 Å². The van der Waals surface area contributed by atoms with Crippen LogP contribution >= 0.6 is 0 Å². The van der Waals surface area contributed by atoms with Crippen LogP contribution < -0.4 is 5.32 Å². The van der Waals surface area contributed by atoms with Crippen LogP contribution in [-0.4, -0.2) is 29.2 Å². The van der Waals surface area contributed by atoms with Crippen molar-refractivity contribution in [3.05, 3.63) is 29.8 Å². The number of likely N-dealkylation sites (tertiary alicyclic amines) is 1. The Morgan fingerprint density at radius 3 is 2.04 bits per heavy atom. The number of imide groups is 1. The van der Waals surface area contributed by atoms with Crippen LogP contribution in [0.25, 0.3) is 0 Å². The summed E-state index contributed by atoms with van der Waals surface area (Å²) < 4.78 is 0. The topological polar surface area (TPSA) is 66.5 Å². The molecule has 1 aromatic rings. The first-order chi connectivity index (χ1) is 11.8. The van der Waals surface area contributed by atoms with Crippen molar-refractivity contribution in [2.75, 3.05) is 11.9 Å². The second-order valence-corrected chi connectivity index (χ2v) is 8.14. The van der Waals surface area contributed by atoms with Crippen molar-refractivity contribution in [2.45, 2.75) is 51.9 Å². The number of benzene rings is 1. The average Bonchev–Trinajstić information content (AvgIpc) is 2.80. The number of hydrogen-bond donors (Lipinski definition) is 1. The van der Waals surface area contributed by atoms with Crippen LogP contribution in [0.2, 0.25) is 0 Å². The molecule has 0 bridgehead atoms. The van der Waals surface area contributed by atoms with Gasteiger partial charge < -0.3 is 5.32 Å². The highest BCUT2D eigenvalue weighted by Gasteiger charge is 2.48. The minimum absolute atomic E-state index is 0.0488. The SMILES string of the molecule is CC(C)(C)c1ccc(NC(=O)CN2C(=O)[C@@H]3CCCC[C@H]3C2=O)cc1. The van der Waals surface area contributed by atoms with Gasteiger partial charge in [-0.1, -0.05) is 45.7 Å². The largest absolute Gasteiger partial charge is 0.325 e. The fourth-order valence-electron chi connectivity index (χ4n) is 3.78. The molecular formula is C20H26N2O3. The molecule has 1 aromatic carbocycles. The highest BCUT2D eigenvalue weighted by atomic mass is 16.2. The molecule has 0 spiro atoms. The predicted molar refractivity (Wildman–Crippen MR) is 95.9 cm³/mol. The van der Waals surface area contributed by atoms with Gasteiger partial charge in [0.05, 0.1) is 11.8 Å². The first-order valence-electron chi connectivity index (χ1n) is 9.03. The van der Waals surface area contributed by atoms with Crippen molar-refractivity contribution >= 4 is 23.4 Å². The minimum atomic E-state index is -0.330. The Bertz CT molecular complexity index is 664. The summed E-state index contributed by atoms with van der Waals surface area (Å²) >= 11 is 0. The molecule has 5 nitrogen and oxygen atoms in total. The zero-order valence-electron chi connectivity index (χ0n) is 15.2. The highest BCUT2D eigenvalue weighted by molar-refractivity contribution is 6.08. The van der Waals surface area contributed by atoms with Gasteiger partial charge in [-0.3, -0.25) is 19.3 Å². The van der Waals surface area contributed by atoms with Crippen molar-refractivity contribution < 1.29 is 14.4 Å². The van der Waals surface area contributed by atoms with E-state index in [-0.39, 0.29) is 41.5 Å². The molecule has 0 radical (unpaired) electrons. The fourth-order valence-corrected chi connectivity index (χ4v) is 3.78. The molecule has 25 heavy (non-hydrogen) atoms. The van der Waals surface area contributed by atoms with Gasteiger partial charge in [-0.25, -0.2) is 0 Å². The second-order valence-electron chi connectivity index (χ2n) is 8.14. The van der Waals surface area contributed by atoms with Crippen LogP contribution in [0.1, 0.15) is 52.0 Å². The molecule has 1 heterocycles. The quantitative estimate of drug-likeness (QED) is 0.859. The summed E-state index contributed by atoms with van der Waals surface area (Å²) in [5.74, 6) is -1.09. The van der Waals surface area contributed by atoms with Gasteiger partial charge in [0.2, 0.25) is 17.7 Å². The maximum Gasteiger partial charge on any atom is 0.244 e. The monoisotopic (exact) mass is 342 g/mol. The molecule has 1 N–H and O–H groups in total. The van der Waals surface area contributed by atoms with Crippen molar-refractivity contribution in [3.8, 4) is 0 Å². The molecule has 5 heteroatoms. The predicted octanol–water partition coefficient (Wildman–Crippen LogP) is 3.10. The normalized spacial score (nSPS) is 23.6. The number of anilines is 1. The van der Waals surface area contributed by atoms with Crippen LogP contribution in [0.3, 0.4) is 0 Å². The van der Waals surface area contributed by atoms with Gasteiger partial charge in [-0.15, -0.1) is 0 Å². The van der Waals surface area contributed by atoms with Crippen LogP contribution in [0.4, 0.5) is 5.69 Å². The van der Waals surface area contributed by atoms with E-state index in [1.54, 1.807) is 0 Å². The lowest BCUT2D eigenvalue weighted by Gasteiger charge is -2.19. The zero-order chi connectivity index (χ0) is 18.2. The number of amides is 3. The zero-order valence-corrected chi connectivity index (χ0v) is 15.2. The van der Waals surface area contributed by atoms with E-state index in [0.717, 1.165) is 30.6 Å². The number of hydrogen-bond acceptors (Lipinski definition) is 3. The molecule has 1 aliphatic heterocycles. The number of fused-ring (bicyclic) bond motifs is 1. The average molecular weight is 342 g/mol. The first-order valence-corrected chi connectivity index (χ1v) is 9.03. The lowest BCUT2D eigenvalue weighted by molar-refractivity contribution is -0.142. The third kappa shape index (κ3) is 3.60. The number of nitrogens with zero attached hydrogens (tertiary/aromatic N) is 1. The van der Waals surface area contributed by atoms with Gasteiger partial charge in [-0.2, -0.15) is 0 Å². The lowest BCUT2D eigenvalue weighted by Crippen LogP contribution is -2.38.